The average Bonchev–Trinajstić information content (AvgIpc) is 3.69. The zero-order valence-electron chi connectivity index (χ0n) is 31.7. The van der Waals surface area contributed by atoms with Crippen molar-refractivity contribution in [1.82, 2.24) is 25.3 Å². The van der Waals surface area contributed by atoms with Gasteiger partial charge in [-0.15, -0.1) is 11.3 Å². The van der Waals surface area contributed by atoms with Gasteiger partial charge in [0.1, 0.15) is 58.7 Å². The number of hydrogen-bond donors (Lipinski definition) is 7. The average molecular weight is 902 g/mol. The first kappa shape index (κ1) is 43.9. The van der Waals surface area contributed by atoms with Crippen molar-refractivity contribution in [3.63, 3.8) is 0 Å². The van der Waals surface area contributed by atoms with Crippen LogP contribution in [0.2, 0.25) is 0 Å². The number of pyridine rings is 2. The summed E-state index contributed by atoms with van der Waals surface area (Å²) in [7, 11) is -8.89. The van der Waals surface area contributed by atoms with Crippen LogP contribution >= 0.6 is 18.9 Å². The fourth-order valence-corrected chi connectivity index (χ4v) is 9.66. The van der Waals surface area contributed by atoms with E-state index in [1.165, 1.54) is 54.6 Å². The van der Waals surface area contributed by atoms with Gasteiger partial charge in [-0.3, -0.25) is 9.59 Å². The molecule has 20 nitrogen and oxygen atoms in total. The first-order valence-corrected chi connectivity index (χ1v) is 21.8. The molecule has 0 aliphatic heterocycles. The highest BCUT2D eigenvalue weighted by atomic mass is 32.2. The van der Waals surface area contributed by atoms with Gasteiger partial charge in [0, 0.05) is 21.9 Å². The third-order valence-corrected chi connectivity index (χ3v) is 12.9. The molecule has 0 spiro atoms. The third-order valence-electron chi connectivity index (χ3n) is 8.23. The number of sulfonamides is 1. The lowest BCUT2D eigenvalue weighted by atomic mass is 10.2. The van der Waals surface area contributed by atoms with Crippen LogP contribution in [-0.4, -0.2) is 83.2 Å². The molecule has 62 heavy (non-hydrogen) atoms. The molecule has 0 saturated heterocycles. The van der Waals surface area contributed by atoms with Crippen LogP contribution in [0.25, 0.3) is 10.1 Å². The van der Waals surface area contributed by atoms with Gasteiger partial charge in [0.15, 0.2) is 34.5 Å². The molecule has 7 N–H and O–H groups in total. The number of phenolic OH excluding ortho intramolecular Hbond substituents is 4. The van der Waals surface area contributed by atoms with Crippen LogP contribution in [0.15, 0.2) is 95.5 Å². The number of nitriles is 2. The maximum Gasteiger partial charge on any atom is 0.445 e. The minimum absolute atomic E-state index is 0.0375. The van der Waals surface area contributed by atoms with Gasteiger partial charge in [0.05, 0.1) is 25.5 Å². The van der Waals surface area contributed by atoms with Crippen LogP contribution in [0.4, 0.5) is 0 Å². The zero-order chi connectivity index (χ0) is 44.4. The lowest BCUT2D eigenvalue weighted by molar-refractivity contribution is 0.0936. The van der Waals surface area contributed by atoms with E-state index in [1.807, 2.05) is 12.1 Å². The molecule has 3 aromatic heterocycles. The monoisotopic (exact) mass is 901 g/mol. The summed E-state index contributed by atoms with van der Waals surface area (Å²) >= 11 is 0.822. The summed E-state index contributed by atoms with van der Waals surface area (Å²) < 4.78 is 67.0. The summed E-state index contributed by atoms with van der Waals surface area (Å²) in [6.07, 6.45) is 1.32. The molecule has 6 aromatic rings. The number of aromatic nitrogens is 2. The minimum Gasteiger partial charge on any atom is -0.504 e. The van der Waals surface area contributed by atoms with E-state index in [2.05, 4.69) is 25.3 Å². The summed E-state index contributed by atoms with van der Waals surface area (Å²) in [5.41, 5.74) is 0.220. The standard InChI is InChI=1S/C39H32N7O13PS2/c40-18-26-3-5-28(20-44-26)58-60(53,59-29-6-4-27(19-41)45-21-29)22-46-62(54,55)37-16-25-15-34(56-11-9-42-38(51)23-1-7-30(47)32(49)13-23)35(17-36(25)61-37)57-12-10-43-39(52)24-2-8-31(48)33(50)14-24/h1-8,13-17,20-21,46-50H,9-12,22H2,(H,42,51)(H,43,52). The number of nitrogens with one attached hydrogen (secondary N) is 3. The Morgan fingerprint density at radius 2 is 1.19 bits per heavy atom. The highest BCUT2D eigenvalue weighted by Crippen LogP contribution is 2.48. The van der Waals surface area contributed by atoms with Crippen molar-refractivity contribution in [1.29, 1.82) is 10.5 Å². The second-order valence-electron chi connectivity index (χ2n) is 12.6. The van der Waals surface area contributed by atoms with Gasteiger partial charge in [0.2, 0.25) is 0 Å². The Bertz CT molecular complexity index is 2710. The van der Waals surface area contributed by atoms with E-state index in [-0.39, 0.29) is 76.0 Å². The van der Waals surface area contributed by atoms with Crippen LogP contribution in [0, 0.1) is 22.7 Å². The Morgan fingerprint density at radius 3 is 1.65 bits per heavy atom. The number of phenols is 4. The number of fused-ring (bicyclic) bond motifs is 1. The first-order chi connectivity index (χ1) is 29.6. The third kappa shape index (κ3) is 11.1. The van der Waals surface area contributed by atoms with Crippen molar-refractivity contribution in [3.05, 3.63) is 114 Å². The van der Waals surface area contributed by atoms with Gasteiger partial charge in [-0.05, 0) is 78.2 Å². The lowest BCUT2D eigenvalue weighted by Gasteiger charge is -2.20. The predicted octanol–water partition coefficient (Wildman–Crippen LogP) is 4.46. The minimum atomic E-state index is -4.45. The smallest absolute Gasteiger partial charge is 0.445 e. The van der Waals surface area contributed by atoms with Crippen LogP contribution < -0.4 is 33.9 Å². The van der Waals surface area contributed by atoms with Crippen molar-refractivity contribution in [3.8, 4) is 58.1 Å². The molecule has 0 unspecified atom stereocenters. The Balaban J connectivity index is 1.19. The lowest BCUT2D eigenvalue weighted by Crippen LogP contribution is -2.28. The number of ether oxygens (including phenoxy) is 2. The molecule has 0 bridgehead atoms. The zero-order valence-corrected chi connectivity index (χ0v) is 34.2. The Labute approximate surface area is 355 Å². The number of nitrogens with zero attached hydrogens (tertiary/aromatic N) is 4. The molecule has 3 heterocycles. The van der Waals surface area contributed by atoms with Gasteiger partial charge < -0.3 is 49.6 Å². The molecule has 0 aliphatic carbocycles. The van der Waals surface area contributed by atoms with Crippen LogP contribution in [0.1, 0.15) is 32.1 Å². The number of hydrogen-bond acceptors (Lipinski definition) is 18. The van der Waals surface area contributed by atoms with Crippen molar-refractivity contribution in [2.24, 2.45) is 0 Å². The maximum atomic E-state index is 14.1. The van der Waals surface area contributed by atoms with Gasteiger partial charge in [0.25, 0.3) is 21.8 Å². The SMILES string of the molecule is N#Cc1ccc(OP(=O)(CNS(=O)(=O)c2cc3cc(OCCNC(=O)c4ccc(O)c(O)c4)c(OCCNC(=O)c4ccc(O)c(O)c4)cc3s2)Oc2ccc(C#N)nc2)cn1. The Morgan fingerprint density at radius 1 is 0.694 bits per heavy atom. The van der Waals surface area contributed by atoms with Gasteiger partial charge in [-0.2, -0.15) is 15.2 Å². The van der Waals surface area contributed by atoms with E-state index in [0.29, 0.717) is 10.1 Å². The summed E-state index contributed by atoms with van der Waals surface area (Å²) in [4.78, 5) is 32.9. The summed E-state index contributed by atoms with van der Waals surface area (Å²) in [6.45, 7) is -0.311. The molecule has 2 amide bonds. The Kier molecular flexibility index (Phi) is 13.6. The number of carbonyl (C=O) groups is 2. The van der Waals surface area contributed by atoms with Crippen molar-refractivity contribution < 1.29 is 61.5 Å². The number of benzene rings is 3. The topological polar surface area (TPSA) is 313 Å². The summed E-state index contributed by atoms with van der Waals surface area (Å²) in [5.74, 6) is -2.86. The van der Waals surface area contributed by atoms with E-state index < -0.39 is 58.7 Å². The largest absolute Gasteiger partial charge is 0.504 e. The van der Waals surface area contributed by atoms with E-state index >= 15 is 0 Å². The first-order valence-electron chi connectivity index (χ1n) is 17.8. The highest BCUT2D eigenvalue weighted by Gasteiger charge is 2.32. The molecular weight excluding hydrogens is 870 g/mol. The molecule has 3 aromatic carbocycles. The number of carbonyl (C=O) groups excluding carboxylic acids is 2. The molecular formula is C39H32N7O13PS2. The van der Waals surface area contributed by atoms with E-state index in [9.17, 15) is 43.0 Å². The number of amides is 2. The van der Waals surface area contributed by atoms with Crippen molar-refractivity contribution in [2.75, 3.05) is 32.6 Å². The molecule has 23 heteroatoms. The molecule has 0 radical (unpaired) electrons. The Hall–Kier alpha value is -7.62. The van der Waals surface area contributed by atoms with Crippen molar-refractivity contribution >= 4 is 50.9 Å². The van der Waals surface area contributed by atoms with Crippen molar-refractivity contribution in [2.45, 2.75) is 4.21 Å². The van der Waals surface area contributed by atoms with Gasteiger partial charge >= 0.3 is 7.60 Å². The quantitative estimate of drug-likeness (QED) is 0.0356. The van der Waals surface area contributed by atoms with E-state index in [0.717, 1.165) is 48.0 Å². The summed E-state index contributed by atoms with van der Waals surface area (Å²) in [5, 5.41) is 62.4. The fraction of sp³-hybridized carbons (Fsp3) is 0.128. The van der Waals surface area contributed by atoms with E-state index in [1.54, 1.807) is 0 Å². The molecule has 0 saturated carbocycles. The number of thiophene rings is 1. The number of aromatic hydroxyl groups is 4. The fourth-order valence-electron chi connectivity index (χ4n) is 5.21. The van der Waals surface area contributed by atoms with Gasteiger partial charge in [-0.1, -0.05) is 0 Å². The van der Waals surface area contributed by atoms with E-state index in [4.69, 9.17) is 29.0 Å². The molecule has 0 atom stereocenters. The predicted molar refractivity (Wildman–Crippen MR) is 219 cm³/mol. The number of rotatable bonds is 18. The van der Waals surface area contributed by atoms with Gasteiger partial charge in [-0.25, -0.2) is 23.0 Å². The molecule has 318 valence electrons. The second kappa shape index (κ2) is 19.2. The van der Waals surface area contributed by atoms with Crippen LogP contribution in [0.5, 0.6) is 46.0 Å². The normalized spacial score (nSPS) is 11.2. The molecule has 6 rings (SSSR count). The highest BCUT2D eigenvalue weighted by molar-refractivity contribution is 7.92. The molecule has 0 aliphatic rings. The second-order valence-corrected chi connectivity index (χ2v) is 17.6. The molecule has 0 fully saturated rings. The maximum absolute atomic E-state index is 14.1. The summed E-state index contributed by atoms with van der Waals surface area (Å²) in [6, 6.07) is 20.3. The van der Waals surface area contributed by atoms with Crippen LogP contribution in [-0.2, 0) is 14.6 Å². The van der Waals surface area contributed by atoms with Crippen LogP contribution in [0.3, 0.4) is 0 Å².